The van der Waals surface area contributed by atoms with E-state index in [2.05, 4.69) is 15.5 Å². The summed E-state index contributed by atoms with van der Waals surface area (Å²) in [6.07, 6.45) is 1.93. The first kappa shape index (κ1) is 18.6. The Morgan fingerprint density at radius 1 is 1.25 bits per heavy atom. The number of amides is 2. The van der Waals surface area contributed by atoms with E-state index >= 15 is 0 Å². The maximum absolute atomic E-state index is 12.3. The lowest BCUT2D eigenvalue weighted by Crippen LogP contribution is -2.44. The molecule has 2 rings (SSSR count). The standard InChI is InChI=1S/C19H31N3O2/c1-14(2)17(23)19(3,4)13-20-18(24)21-15-9-5-6-10-16(15)22-11-7-8-12-22/h5-6,9-10,14,17,23H,7-8,11-13H2,1-4H3,(H2,20,21,24). The van der Waals surface area contributed by atoms with Crippen molar-refractivity contribution in [1.29, 1.82) is 0 Å². The van der Waals surface area contributed by atoms with E-state index in [-0.39, 0.29) is 17.4 Å². The van der Waals surface area contributed by atoms with Crippen molar-refractivity contribution in [3.63, 3.8) is 0 Å². The third-order valence-corrected chi connectivity index (χ3v) is 4.74. The van der Waals surface area contributed by atoms with Gasteiger partial charge in [0.2, 0.25) is 0 Å². The predicted octanol–water partition coefficient (Wildman–Crippen LogP) is 3.45. The number of urea groups is 1. The summed E-state index contributed by atoms with van der Waals surface area (Å²) in [5.41, 5.74) is 1.53. The zero-order chi connectivity index (χ0) is 17.7. The van der Waals surface area contributed by atoms with E-state index in [0.29, 0.717) is 6.54 Å². The Bertz CT molecular complexity index is 551. The molecule has 1 heterocycles. The molecule has 0 bridgehead atoms. The monoisotopic (exact) mass is 333 g/mol. The van der Waals surface area contributed by atoms with Gasteiger partial charge in [0.25, 0.3) is 0 Å². The molecule has 1 aromatic rings. The Kier molecular flexibility index (Phi) is 6.10. The van der Waals surface area contributed by atoms with Crippen LogP contribution in [0.15, 0.2) is 24.3 Å². The number of aliphatic hydroxyl groups excluding tert-OH is 1. The highest BCUT2D eigenvalue weighted by molar-refractivity contribution is 5.93. The fourth-order valence-corrected chi connectivity index (χ4v) is 3.29. The van der Waals surface area contributed by atoms with Gasteiger partial charge in [0.15, 0.2) is 0 Å². The second kappa shape index (κ2) is 7.88. The van der Waals surface area contributed by atoms with Crippen molar-refractivity contribution in [2.75, 3.05) is 29.9 Å². The molecule has 1 aliphatic heterocycles. The largest absolute Gasteiger partial charge is 0.392 e. The number of aliphatic hydroxyl groups is 1. The van der Waals surface area contributed by atoms with E-state index in [1.807, 2.05) is 52.0 Å². The summed E-state index contributed by atoms with van der Waals surface area (Å²) in [4.78, 5) is 14.6. The molecule has 3 N–H and O–H groups in total. The molecule has 5 heteroatoms. The van der Waals surface area contributed by atoms with Gasteiger partial charge >= 0.3 is 6.03 Å². The van der Waals surface area contributed by atoms with Crippen molar-refractivity contribution in [3.8, 4) is 0 Å². The first-order chi connectivity index (χ1) is 11.3. The first-order valence-electron chi connectivity index (χ1n) is 8.88. The van der Waals surface area contributed by atoms with Crippen molar-refractivity contribution in [3.05, 3.63) is 24.3 Å². The smallest absolute Gasteiger partial charge is 0.319 e. The van der Waals surface area contributed by atoms with Crippen LogP contribution in [-0.4, -0.2) is 36.9 Å². The molecule has 1 aromatic carbocycles. The summed E-state index contributed by atoms with van der Waals surface area (Å²) in [6.45, 7) is 10.4. The molecule has 1 fully saturated rings. The van der Waals surface area contributed by atoms with Crippen LogP contribution < -0.4 is 15.5 Å². The van der Waals surface area contributed by atoms with Crippen molar-refractivity contribution in [2.24, 2.45) is 11.3 Å². The van der Waals surface area contributed by atoms with E-state index in [1.165, 1.54) is 12.8 Å². The molecule has 1 saturated heterocycles. The number of carbonyl (C=O) groups is 1. The number of hydrogen-bond donors (Lipinski definition) is 3. The maximum Gasteiger partial charge on any atom is 0.319 e. The molecule has 0 spiro atoms. The lowest BCUT2D eigenvalue weighted by atomic mass is 9.81. The van der Waals surface area contributed by atoms with Gasteiger partial charge < -0.3 is 20.6 Å². The topological polar surface area (TPSA) is 64.6 Å². The Balaban J connectivity index is 1.95. The molecular formula is C19H31N3O2. The van der Waals surface area contributed by atoms with Gasteiger partial charge in [0, 0.05) is 25.0 Å². The Hall–Kier alpha value is -1.75. The number of nitrogens with one attached hydrogen (secondary N) is 2. The molecule has 1 atom stereocenters. The third kappa shape index (κ3) is 4.63. The predicted molar refractivity (Wildman–Crippen MR) is 99.5 cm³/mol. The lowest BCUT2D eigenvalue weighted by molar-refractivity contribution is 0.0154. The quantitative estimate of drug-likeness (QED) is 0.747. The number of nitrogens with zero attached hydrogens (tertiary/aromatic N) is 1. The third-order valence-electron chi connectivity index (χ3n) is 4.74. The molecule has 0 aliphatic carbocycles. The van der Waals surface area contributed by atoms with Crippen molar-refractivity contribution in [1.82, 2.24) is 5.32 Å². The summed E-state index contributed by atoms with van der Waals surface area (Å²) in [7, 11) is 0. The highest BCUT2D eigenvalue weighted by atomic mass is 16.3. The molecule has 0 radical (unpaired) electrons. The maximum atomic E-state index is 12.3. The number of hydrogen-bond acceptors (Lipinski definition) is 3. The zero-order valence-corrected chi connectivity index (χ0v) is 15.3. The molecule has 134 valence electrons. The molecule has 24 heavy (non-hydrogen) atoms. The van der Waals surface area contributed by atoms with Gasteiger partial charge in [-0.1, -0.05) is 39.8 Å². The highest BCUT2D eigenvalue weighted by Gasteiger charge is 2.30. The molecule has 0 saturated carbocycles. The van der Waals surface area contributed by atoms with Crippen LogP contribution in [0.25, 0.3) is 0 Å². The van der Waals surface area contributed by atoms with E-state index < -0.39 is 6.10 Å². The second-order valence-electron chi connectivity index (χ2n) is 7.70. The fourth-order valence-electron chi connectivity index (χ4n) is 3.29. The van der Waals surface area contributed by atoms with Crippen LogP contribution in [0.3, 0.4) is 0 Å². The van der Waals surface area contributed by atoms with Crippen molar-refractivity contribution < 1.29 is 9.90 Å². The van der Waals surface area contributed by atoms with Crippen LogP contribution in [0, 0.1) is 11.3 Å². The number of benzene rings is 1. The average Bonchev–Trinajstić information content (AvgIpc) is 3.07. The summed E-state index contributed by atoms with van der Waals surface area (Å²) < 4.78 is 0. The van der Waals surface area contributed by atoms with Gasteiger partial charge in [-0.15, -0.1) is 0 Å². The Labute approximate surface area is 145 Å². The van der Waals surface area contributed by atoms with Crippen LogP contribution in [0.5, 0.6) is 0 Å². The summed E-state index contributed by atoms with van der Waals surface area (Å²) >= 11 is 0. The van der Waals surface area contributed by atoms with Gasteiger partial charge in [-0.25, -0.2) is 4.79 Å². The van der Waals surface area contributed by atoms with Gasteiger partial charge in [-0.3, -0.25) is 0 Å². The van der Waals surface area contributed by atoms with Crippen LogP contribution >= 0.6 is 0 Å². The van der Waals surface area contributed by atoms with Crippen LogP contribution in [0.1, 0.15) is 40.5 Å². The SMILES string of the molecule is CC(C)C(O)C(C)(C)CNC(=O)Nc1ccccc1N1CCCC1. The van der Waals surface area contributed by atoms with Crippen LogP contribution in [0.2, 0.25) is 0 Å². The number of carbonyl (C=O) groups excluding carboxylic acids is 1. The van der Waals surface area contributed by atoms with Crippen molar-refractivity contribution >= 4 is 17.4 Å². The number of rotatable bonds is 6. The van der Waals surface area contributed by atoms with E-state index in [0.717, 1.165) is 24.5 Å². The van der Waals surface area contributed by atoms with Gasteiger partial charge in [-0.2, -0.15) is 0 Å². The molecule has 0 aromatic heterocycles. The first-order valence-corrected chi connectivity index (χ1v) is 8.88. The Morgan fingerprint density at radius 3 is 2.50 bits per heavy atom. The van der Waals surface area contributed by atoms with E-state index in [1.54, 1.807) is 0 Å². The summed E-state index contributed by atoms with van der Waals surface area (Å²) in [5, 5.41) is 16.1. The minimum Gasteiger partial charge on any atom is -0.392 e. The molecular weight excluding hydrogens is 302 g/mol. The highest BCUT2D eigenvalue weighted by Crippen LogP contribution is 2.29. The Morgan fingerprint density at radius 2 is 1.88 bits per heavy atom. The summed E-state index contributed by atoms with van der Waals surface area (Å²) in [5.74, 6) is 0.153. The number of para-hydroxylation sites is 2. The molecule has 5 nitrogen and oxygen atoms in total. The average molecular weight is 333 g/mol. The van der Waals surface area contributed by atoms with Gasteiger partial charge in [0.05, 0.1) is 17.5 Å². The molecule has 1 aliphatic rings. The zero-order valence-electron chi connectivity index (χ0n) is 15.3. The molecule has 2 amide bonds. The fraction of sp³-hybridized carbons (Fsp3) is 0.632. The van der Waals surface area contributed by atoms with Gasteiger partial charge in [-0.05, 0) is 30.9 Å². The van der Waals surface area contributed by atoms with Crippen LogP contribution in [0.4, 0.5) is 16.2 Å². The van der Waals surface area contributed by atoms with Crippen LogP contribution in [-0.2, 0) is 0 Å². The second-order valence-corrected chi connectivity index (χ2v) is 7.70. The van der Waals surface area contributed by atoms with Crippen molar-refractivity contribution in [2.45, 2.75) is 46.6 Å². The number of anilines is 2. The van der Waals surface area contributed by atoms with E-state index in [4.69, 9.17) is 0 Å². The normalized spacial score (nSPS) is 16.3. The summed E-state index contributed by atoms with van der Waals surface area (Å²) in [6, 6.07) is 7.68. The molecule has 1 unspecified atom stereocenters. The van der Waals surface area contributed by atoms with Gasteiger partial charge in [0.1, 0.15) is 0 Å². The lowest BCUT2D eigenvalue weighted by Gasteiger charge is -2.33. The minimum atomic E-state index is -0.463. The minimum absolute atomic E-state index is 0.153. The van der Waals surface area contributed by atoms with E-state index in [9.17, 15) is 9.90 Å².